The second-order valence-electron chi connectivity index (χ2n) is 4.78. The first-order valence-corrected chi connectivity index (χ1v) is 7.76. The number of nitrogen functional groups attached to an aromatic ring is 2. The van der Waals surface area contributed by atoms with E-state index in [2.05, 4.69) is 18.7 Å². The molecular formula is C14H23N3O2S. The second-order valence-corrected chi connectivity index (χ2v) is 6.09. The van der Waals surface area contributed by atoms with Gasteiger partial charge in [0, 0.05) is 12.6 Å². The molecule has 2 rings (SSSR count). The van der Waals surface area contributed by atoms with E-state index in [1.807, 2.05) is 0 Å². The number of fused-ring (bicyclic) bond motifs is 1. The Balaban J connectivity index is 2.20. The van der Waals surface area contributed by atoms with Gasteiger partial charge in [-0.25, -0.2) is 0 Å². The van der Waals surface area contributed by atoms with E-state index in [0.717, 1.165) is 24.5 Å². The fourth-order valence-electron chi connectivity index (χ4n) is 2.32. The number of thioether (sulfide) groups is 1. The second kappa shape index (κ2) is 6.45. The van der Waals surface area contributed by atoms with Crippen molar-refractivity contribution in [1.29, 1.82) is 0 Å². The Labute approximate surface area is 124 Å². The number of anilines is 2. The van der Waals surface area contributed by atoms with Crippen LogP contribution in [0.1, 0.15) is 13.8 Å². The van der Waals surface area contributed by atoms with E-state index in [9.17, 15) is 0 Å². The number of benzene rings is 1. The molecule has 1 atom stereocenters. The Bertz CT molecular complexity index is 478. The summed E-state index contributed by atoms with van der Waals surface area (Å²) >= 11 is 1.75. The molecule has 112 valence electrons. The zero-order valence-electron chi connectivity index (χ0n) is 12.3. The monoisotopic (exact) mass is 297 g/mol. The van der Waals surface area contributed by atoms with E-state index in [0.29, 0.717) is 34.7 Å². The van der Waals surface area contributed by atoms with Crippen LogP contribution in [0.15, 0.2) is 11.0 Å². The summed E-state index contributed by atoms with van der Waals surface area (Å²) in [5.41, 5.74) is 13.3. The van der Waals surface area contributed by atoms with Crippen molar-refractivity contribution in [2.45, 2.75) is 24.0 Å². The van der Waals surface area contributed by atoms with Gasteiger partial charge in [-0.3, -0.25) is 0 Å². The van der Waals surface area contributed by atoms with Crippen molar-refractivity contribution < 1.29 is 9.47 Å². The van der Waals surface area contributed by atoms with Crippen LogP contribution in [0, 0.1) is 0 Å². The van der Waals surface area contributed by atoms with E-state index < -0.39 is 0 Å². The van der Waals surface area contributed by atoms with Crippen molar-refractivity contribution in [3.05, 3.63) is 6.07 Å². The molecule has 4 N–H and O–H groups in total. The minimum atomic E-state index is 0.373. The molecule has 0 aliphatic carbocycles. The molecule has 5 nitrogen and oxygen atoms in total. The van der Waals surface area contributed by atoms with Crippen LogP contribution in [0.5, 0.6) is 11.5 Å². The summed E-state index contributed by atoms with van der Waals surface area (Å²) in [6, 6.07) is 1.77. The quantitative estimate of drug-likeness (QED) is 0.810. The molecule has 0 fully saturated rings. The van der Waals surface area contributed by atoms with Crippen molar-refractivity contribution in [3.8, 4) is 11.5 Å². The number of nitrogens with zero attached hydrogens (tertiary/aromatic N) is 1. The molecule has 0 aromatic heterocycles. The minimum Gasteiger partial charge on any atom is -0.494 e. The Hall–Kier alpha value is -1.27. The van der Waals surface area contributed by atoms with Gasteiger partial charge in [-0.1, -0.05) is 13.8 Å². The van der Waals surface area contributed by atoms with Gasteiger partial charge in [-0.15, -0.1) is 11.8 Å². The van der Waals surface area contributed by atoms with Crippen LogP contribution in [0.2, 0.25) is 0 Å². The molecule has 1 heterocycles. The topological polar surface area (TPSA) is 73.7 Å². The molecule has 1 aromatic rings. The molecule has 1 aromatic carbocycles. The summed E-state index contributed by atoms with van der Waals surface area (Å²) in [5.74, 6) is 1.24. The van der Waals surface area contributed by atoms with Gasteiger partial charge in [-0.2, -0.15) is 0 Å². The average molecular weight is 297 g/mol. The number of rotatable bonds is 5. The van der Waals surface area contributed by atoms with Crippen molar-refractivity contribution in [2.75, 3.05) is 44.8 Å². The first kappa shape index (κ1) is 15.1. The van der Waals surface area contributed by atoms with Crippen LogP contribution >= 0.6 is 11.8 Å². The summed E-state index contributed by atoms with van der Waals surface area (Å²) < 4.78 is 11.1. The van der Waals surface area contributed by atoms with Crippen molar-refractivity contribution >= 4 is 23.1 Å². The Morgan fingerprint density at radius 2 is 2.10 bits per heavy atom. The molecular weight excluding hydrogens is 274 g/mol. The van der Waals surface area contributed by atoms with E-state index in [1.54, 1.807) is 24.9 Å². The lowest BCUT2D eigenvalue weighted by Gasteiger charge is -2.30. The molecule has 20 heavy (non-hydrogen) atoms. The maximum absolute atomic E-state index is 6.09. The predicted octanol–water partition coefficient (Wildman–Crippen LogP) is 2.05. The molecule has 0 saturated heterocycles. The van der Waals surface area contributed by atoms with Crippen LogP contribution in [-0.4, -0.2) is 43.5 Å². The normalized spacial score (nSPS) is 17.7. The number of methoxy groups -OCH3 is 1. The Morgan fingerprint density at radius 1 is 1.40 bits per heavy atom. The van der Waals surface area contributed by atoms with E-state index in [1.165, 1.54) is 0 Å². The molecule has 6 heteroatoms. The van der Waals surface area contributed by atoms with Gasteiger partial charge in [0.15, 0.2) is 5.75 Å². The highest BCUT2D eigenvalue weighted by molar-refractivity contribution is 8.00. The summed E-state index contributed by atoms with van der Waals surface area (Å²) in [6.07, 6.45) is 0. The number of hydrogen-bond donors (Lipinski definition) is 2. The van der Waals surface area contributed by atoms with Crippen LogP contribution in [0.3, 0.4) is 0 Å². The molecule has 1 aliphatic heterocycles. The number of hydrogen-bond acceptors (Lipinski definition) is 6. The number of ether oxygens (including phenoxy) is 2. The SMILES string of the molecule is CCN(CC)CC1COc2c(N)c(OC)cc(N)c2S1. The maximum atomic E-state index is 6.09. The lowest BCUT2D eigenvalue weighted by molar-refractivity contribution is 0.248. The molecule has 0 spiro atoms. The third-order valence-corrected chi connectivity index (χ3v) is 4.81. The van der Waals surface area contributed by atoms with E-state index >= 15 is 0 Å². The first-order chi connectivity index (χ1) is 9.60. The molecule has 0 amide bonds. The highest BCUT2D eigenvalue weighted by atomic mass is 32.2. The Kier molecular flexibility index (Phi) is 4.88. The smallest absolute Gasteiger partial charge is 0.161 e. The third-order valence-electron chi connectivity index (χ3n) is 3.54. The lowest BCUT2D eigenvalue weighted by atomic mass is 10.2. The zero-order valence-corrected chi connectivity index (χ0v) is 13.1. The highest BCUT2D eigenvalue weighted by Crippen LogP contribution is 2.48. The Morgan fingerprint density at radius 3 is 2.70 bits per heavy atom. The van der Waals surface area contributed by atoms with Crippen LogP contribution in [0.25, 0.3) is 0 Å². The van der Waals surface area contributed by atoms with Gasteiger partial charge in [0.25, 0.3) is 0 Å². The fourth-order valence-corrected chi connectivity index (χ4v) is 3.55. The molecule has 1 aliphatic rings. The standard InChI is InChI=1S/C14H23N3O2S/c1-4-17(5-2)7-9-8-19-13-12(16)11(18-3)6-10(15)14(13)20-9/h6,9H,4-5,7-8,15-16H2,1-3H3. The first-order valence-electron chi connectivity index (χ1n) is 6.88. The third kappa shape index (κ3) is 2.91. The van der Waals surface area contributed by atoms with Crippen LogP contribution in [-0.2, 0) is 0 Å². The summed E-state index contributed by atoms with van der Waals surface area (Å²) in [7, 11) is 1.58. The summed E-state index contributed by atoms with van der Waals surface area (Å²) in [6.45, 7) is 8.06. The van der Waals surface area contributed by atoms with Crippen molar-refractivity contribution in [2.24, 2.45) is 0 Å². The van der Waals surface area contributed by atoms with Crippen LogP contribution in [0.4, 0.5) is 11.4 Å². The fraction of sp³-hybridized carbons (Fsp3) is 0.571. The van der Waals surface area contributed by atoms with E-state index in [-0.39, 0.29) is 0 Å². The van der Waals surface area contributed by atoms with Gasteiger partial charge in [-0.05, 0) is 13.1 Å². The summed E-state index contributed by atoms with van der Waals surface area (Å²) in [4.78, 5) is 3.32. The molecule has 0 bridgehead atoms. The highest BCUT2D eigenvalue weighted by Gasteiger charge is 2.27. The number of nitrogens with two attached hydrogens (primary N) is 2. The van der Waals surface area contributed by atoms with Gasteiger partial charge in [0.1, 0.15) is 18.0 Å². The maximum Gasteiger partial charge on any atom is 0.161 e. The minimum absolute atomic E-state index is 0.373. The molecule has 1 unspecified atom stereocenters. The van der Waals surface area contributed by atoms with Gasteiger partial charge in [0.05, 0.1) is 22.9 Å². The zero-order chi connectivity index (χ0) is 14.7. The summed E-state index contributed by atoms with van der Waals surface area (Å²) in [5, 5.41) is 0.373. The largest absolute Gasteiger partial charge is 0.494 e. The predicted molar refractivity (Wildman–Crippen MR) is 84.7 cm³/mol. The molecule has 0 saturated carbocycles. The average Bonchev–Trinajstić information content (AvgIpc) is 2.48. The lowest BCUT2D eigenvalue weighted by Crippen LogP contribution is -2.35. The van der Waals surface area contributed by atoms with E-state index in [4.69, 9.17) is 20.9 Å². The van der Waals surface area contributed by atoms with Crippen molar-refractivity contribution in [3.63, 3.8) is 0 Å². The van der Waals surface area contributed by atoms with Gasteiger partial charge in [0.2, 0.25) is 0 Å². The molecule has 0 radical (unpaired) electrons. The van der Waals surface area contributed by atoms with Gasteiger partial charge < -0.3 is 25.8 Å². The van der Waals surface area contributed by atoms with Crippen molar-refractivity contribution in [1.82, 2.24) is 4.90 Å². The van der Waals surface area contributed by atoms with Crippen LogP contribution < -0.4 is 20.9 Å². The van der Waals surface area contributed by atoms with Gasteiger partial charge >= 0.3 is 0 Å².